The molecule has 1 fully saturated rings. The van der Waals surface area contributed by atoms with Gasteiger partial charge in [0.1, 0.15) is 0 Å². The van der Waals surface area contributed by atoms with Crippen LogP contribution in [0.2, 0.25) is 0 Å². The molecule has 100 valence electrons. The fraction of sp³-hybridized carbons (Fsp3) is 0.467. The molecule has 0 radical (unpaired) electrons. The van der Waals surface area contributed by atoms with Crippen molar-refractivity contribution in [1.82, 2.24) is 14.5 Å². The summed E-state index contributed by atoms with van der Waals surface area (Å²) in [6.07, 6.45) is 7.66. The molecule has 0 spiro atoms. The first-order chi connectivity index (χ1) is 9.24. The number of carbonyl (C=O) groups is 1. The third kappa shape index (κ3) is 2.54. The van der Waals surface area contributed by atoms with Crippen molar-refractivity contribution in [2.75, 3.05) is 13.1 Å². The number of nitrogens with zero attached hydrogens (tertiary/aromatic N) is 3. The van der Waals surface area contributed by atoms with Crippen LogP contribution in [0.25, 0.3) is 5.52 Å². The number of rotatable bonds is 3. The second-order valence-corrected chi connectivity index (χ2v) is 5.32. The van der Waals surface area contributed by atoms with Gasteiger partial charge in [0, 0.05) is 12.7 Å². The second kappa shape index (κ2) is 5.13. The SMILES string of the molecule is CC(=O)c1cnn2cc(CN3CCCCC3)ccc12. The summed E-state index contributed by atoms with van der Waals surface area (Å²) < 4.78 is 1.82. The van der Waals surface area contributed by atoms with Crippen molar-refractivity contribution in [2.24, 2.45) is 0 Å². The summed E-state index contributed by atoms with van der Waals surface area (Å²) in [6.45, 7) is 4.94. The van der Waals surface area contributed by atoms with Crippen molar-refractivity contribution in [3.8, 4) is 0 Å². The predicted octanol–water partition coefficient (Wildman–Crippen LogP) is 2.52. The van der Waals surface area contributed by atoms with Crippen LogP contribution in [0.1, 0.15) is 42.1 Å². The average molecular weight is 257 g/mol. The Morgan fingerprint density at radius 1 is 1.26 bits per heavy atom. The van der Waals surface area contributed by atoms with E-state index in [1.54, 1.807) is 13.1 Å². The van der Waals surface area contributed by atoms with E-state index in [1.807, 2.05) is 16.8 Å². The zero-order valence-corrected chi connectivity index (χ0v) is 11.3. The van der Waals surface area contributed by atoms with Crippen LogP contribution in [-0.2, 0) is 6.54 Å². The van der Waals surface area contributed by atoms with Gasteiger partial charge in [-0.15, -0.1) is 0 Å². The smallest absolute Gasteiger partial charge is 0.163 e. The van der Waals surface area contributed by atoms with Crippen LogP contribution in [0.4, 0.5) is 0 Å². The Balaban J connectivity index is 1.83. The van der Waals surface area contributed by atoms with Crippen LogP contribution in [0.3, 0.4) is 0 Å². The molecule has 0 amide bonds. The summed E-state index contributed by atoms with van der Waals surface area (Å²) in [5.41, 5.74) is 2.85. The molecular weight excluding hydrogens is 238 g/mol. The molecule has 0 aromatic carbocycles. The third-order valence-corrected chi connectivity index (χ3v) is 3.81. The van der Waals surface area contributed by atoms with Gasteiger partial charge in [0.2, 0.25) is 0 Å². The number of pyridine rings is 1. The van der Waals surface area contributed by atoms with Crippen molar-refractivity contribution >= 4 is 11.3 Å². The summed E-state index contributed by atoms with van der Waals surface area (Å²) in [5.74, 6) is 0.0683. The number of hydrogen-bond acceptors (Lipinski definition) is 3. The zero-order chi connectivity index (χ0) is 13.2. The van der Waals surface area contributed by atoms with Gasteiger partial charge < -0.3 is 0 Å². The standard InChI is InChI=1S/C15H19N3O/c1-12(19)14-9-16-18-11-13(5-6-15(14)18)10-17-7-3-2-4-8-17/h5-6,9,11H,2-4,7-8,10H2,1H3. The molecule has 0 N–H and O–H groups in total. The molecule has 1 saturated heterocycles. The molecule has 0 saturated carbocycles. The Kier molecular flexibility index (Phi) is 3.34. The number of carbonyl (C=O) groups excluding carboxylic acids is 1. The van der Waals surface area contributed by atoms with Crippen LogP contribution in [0, 0.1) is 0 Å². The predicted molar refractivity (Wildman–Crippen MR) is 74.3 cm³/mol. The maximum Gasteiger partial charge on any atom is 0.163 e. The summed E-state index contributed by atoms with van der Waals surface area (Å²) in [4.78, 5) is 13.9. The Morgan fingerprint density at radius 3 is 2.79 bits per heavy atom. The lowest BCUT2D eigenvalue weighted by molar-refractivity contribution is 0.101. The molecule has 2 aromatic rings. The first-order valence-electron chi connectivity index (χ1n) is 6.93. The molecule has 3 heterocycles. The fourth-order valence-corrected chi connectivity index (χ4v) is 2.77. The van der Waals surface area contributed by atoms with Gasteiger partial charge in [-0.05, 0) is 44.5 Å². The number of likely N-dealkylation sites (tertiary alicyclic amines) is 1. The van der Waals surface area contributed by atoms with Crippen molar-refractivity contribution in [1.29, 1.82) is 0 Å². The Morgan fingerprint density at radius 2 is 2.05 bits per heavy atom. The van der Waals surface area contributed by atoms with Gasteiger partial charge in [0.25, 0.3) is 0 Å². The van der Waals surface area contributed by atoms with Crippen LogP contribution < -0.4 is 0 Å². The van der Waals surface area contributed by atoms with Crippen molar-refractivity contribution < 1.29 is 4.79 Å². The van der Waals surface area contributed by atoms with Gasteiger partial charge in [-0.2, -0.15) is 5.10 Å². The highest BCUT2D eigenvalue weighted by atomic mass is 16.1. The zero-order valence-electron chi connectivity index (χ0n) is 11.3. The summed E-state index contributed by atoms with van der Waals surface area (Å²) in [6, 6.07) is 4.11. The van der Waals surface area contributed by atoms with E-state index >= 15 is 0 Å². The number of Topliss-reactive ketones (excluding diaryl/α,β-unsaturated/α-hetero) is 1. The second-order valence-electron chi connectivity index (χ2n) is 5.32. The van der Waals surface area contributed by atoms with Gasteiger partial charge in [0.05, 0.1) is 17.3 Å². The lowest BCUT2D eigenvalue weighted by Gasteiger charge is -2.26. The molecule has 4 nitrogen and oxygen atoms in total. The first-order valence-corrected chi connectivity index (χ1v) is 6.93. The molecule has 0 unspecified atom stereocenters. The minimum Gasteiger partial charge on any atom is -0.299 e. The largest absolute Gasteiger partial charge is 0.299 e. The Labute approximate surface area is 113 Å². The van der Waals surface area contributed by atoms with E-state index in [-0.39, 0.29) is 5.78 Å². The number of piperidine rings is 1. The van der Waals surface area contributed by atoms with E-state index in [0.29, 0.717) is 5.56 Å². The van der Waals surface area contributed by atoms with Crippen molar-refractivity contribution in [3.05, 3.63) is 35.7 Å². The van der Waals surface area contributed by atoms with E-state index in [1.165, 1.54) is 37.9 Å². The molecule has 0 atom stereocenters. The molecule has 2 aromatic heterocycles. The van der Waals surface area contributed by atoms with Gasteiger partial charge in [-0.3, -0.25) is 9.69 Å². The number of aromatic nitrogens is 2. The highest BCUT2D eigenvalue weighted by molar-refractivity contribution is 6.00. The maximum atomic E-state index is 11.5. The van der Waals surface area contributed by atoms with E-state index in [0.717, 1.165) is 12.1 Å². The van der Waals surface area contributed by atoms with Crippen LogP contribution in [-0.4, -0.2) is 33.4 Å². The van der Waals surface area contributed by atoms with Crippen molar-refractivity contribution in [2.45, 2.75) is 32.7 Å². The Bertz CT molecular complexity index is 596. The molecule has 0 bridgehead atoms. The highest BCUT2D eigenvalue weighted by Gasteiger charge is 2.12. The minimum absolute atomic E-state index is 0.0683. The summed E-state index contributed by atoms with van der Waals surface area (Å²) in [7, 11) is 0. The van der Waals surface area contributed by atoms with Crippen LogP contribution in [0.15, 0.2) is 24.5 Å². The van der Waals surface area contributed by atoms with Crippen LogP contribution in [0.5, 0.6) is 0 Å². The molecule has 0 aliphatic carbocycles. The monoisotopic (exact) mass is 257 g/mol. The highest BCUT2D eigenvalue weighted by Crippen LogP contribution is 2.16. The van der Waals surface area contributed by atoms with E-state index < -0.39 is 0 Å². The van der Waals surface area contributed by atoms with E-state index in [4.69, 9.17) is 0 Å². The quantitative estimate of drug-likeness (QED) is 0.793. The molecule has 19 heavy (non-hydrogen) atoms. The topological polar surface area (TPSA) is 37.6 Å². The number of hydrogen-bond donors (Lipinski definition) is 0. The normalized spacial score (nSPS) is 16.9. The van der Waals surface area contributed by atoms with Gasteiger partial charge >= 0.3 is 0 Å². The first kappa shape index (κ1) is 12.4. The van der Waals surface area contributed by atoms with Gasteiger partial charge in [-0.25, -0.2) is 4.52 Å². The molecule has 1 aliphatic rings. The summed E-state index contributed by atoms with van der Waals surface area (Å²) >= 11 is 0. The minimum atomic E-state index is 0.0683. The van der Waals surface area contributed by atoms with E-state index in [2.05, 4.69) is 16.1 Å². The van der Waals surface area contributed by atoms with Gasteiger partial charge in [-0.1, -0.05) is 12.5 Å². The third-order valence-electron chi connectivity index (χ3n) is 3.81. The lowest BCUT2D eigenvalue weighted by Crippen LogP contribution is -2.29. The lowest BCUT2D eigenvalue weighted by atomic mass is 10.1. The molecule has 4 heteroatoms. The fourth-order valence-electron chi connectivity index (χ4n) is 2.77. The average Bonchev–Trinajstić information content (AvgIpc) is 2.83. The maximum absolute atomic E-state index is 11.5. The number of fused-ring (bicyclic) bond motifs is 1. The van der Waals surface area contributed by atoms with E-state index in [9.17, 15) is 4.79 Å². The number of ketones is 1. The van der Waals surface area contributed by atoms with Gasteiger partial charge in [0.15, 0.2) is 5.78 Å². The molecule has 1 aliphatic heterocycles. The van der Waals surface area contributed by atoms with Crippen molar-refractivity contribution in [3.63, 3.8) is 0 Å². The van der Waals surface area contributed by atoms with Crippen LogP contribution >= 0.6 is 0 Å². The molecule has 3 rings (SSSR count). The summed E-state index contributed by atoms with van der Waals surface area (Å²) in [5, 5.41) is 4.27. The molecular formula is C15H19N3O. The Hall–Kier alpha value is -1.68.